The van der Waals surface area contributed by atoms with E-state index in [2.05, 4.69) is 34.3 Å². The number of alkyl halides is 1. The number of piperidine rings is 1. The van der Waals surface area contributed by atoms with Crippen molar-refractivity contribution in [1.82, 2.24) is 14.8 Å². The Morgan fingerprint density at radius 1 is 1.35 bits per heavy atom. The number of unbranched alkanes of at least 4 members (excludes halogenated alkanes) is 1. The molecule has 1 fully saturated rings. The summed E-state index contributed by atoms with van der Waals surface area (Å²) in [6, 6.07) is 0.788. The van der Waals surface area contributed by atoms with Crippen LogP contribution in [0.1, 0.15) is 36.4 Å². The zero-order valence-corrected chi connectivity index (χ0v) is 14.2. The first kappa shape index (κ1) is 16.2. The lowest BCUT2D eigenvalue weighted by molar-refractivity contribution is 0.143. The molecule has 0 unspecified atom stereocenters. The van der Waals surface area contributed by atoms with Crippen LogP contribution in [0.15, 0.2) is 5.38 Å². The quantitative estimate of drug-likeness (QED) is 0.569. The maximum absolute atomic E-state index is 5.77. The molecule has 1 aliphatic heterocycles. The van der Waals surface area contributed by atoms with E-state index in [1.165, 1.54) is 50.3 Å². The lowest BCUT2D eigenvalue weighted by Gasteiger charge is -2.35. The minimum atomic E-state index is 0.539. The number of hydrogen-bond donors (Lipinski definition) is 0. The molecule has 5 heteroatoms. The van der Waals surface area contributed by atoms with Gasteiger partial charge in [-0.2, -0.15) is 0 Å². The van der Waals surface area contributed by atoms with Gasteiger partial charge in [-0.25, -0.2) is 4.98 Å². The van der Waals surface area contributed by atoms with Gasteiger partial charge in [0.15, 0.2) is 0 Å². The van der Waals surface area contributed by atoms with Crippen LogP contribution in [-0.4, -0.2) is 54.6 Å². The van der Waals surface area contributed by atoms with Crippen LogP contribution in [0.2, 0.25) is 0 Å². The highest BCUT2D eigenvalue weighted by Gasteiger charge is 2.19. The van der Waals surface area contributed by atoms with E-state index in [9.17, 15) is 0 Å². The van der Waals surface area contributed by atoms with E-state index in [1.807, 2.05) is 0 Å². The molecule has 20 heavy (non-hydrogen) atoms. The Labute approximate surface area is 131 Å². The molecule has 0 aliphatic carbocycles. The second-order valence-electron chi connectivity index (χ2n) is 5.86. The second-order valence-corrected chi connectivity index (χ2v) is 7.07. The molecule has 0 spiro atoms. The highest BCUT2D eigenvalue weighted by atomic mass is 35.5. The molecule has 0 radical (unpaired) electrons. The van der Waals surface area contributed by atoms with E-state index in [4.69, 9.17) is 11.6 Å². The van der Waals surface area contributed by atoms with Crippen molar-refractivity contribution >= 4 is 22.9 Å². The maximum atomic E-state index is 5.77. The predicted molar refractivity (Wildman–Crippen MR) is 87.8 cm³/mol. The molecule has 1 aliphatic rings. The Bertz CT molecular complexity index is 386. The second kappa shape index (κ2) is 8.32. The highest BCUT2D eigenvalue weighted by molar-refractivity contribution is 7.09. The molecular formula is C15H26ClN3S. The van der Waals surface area contributed by atoms with Gasteiger partial charge in [0.1, 0.15) is 0 Å². The van der Waals surface area contributed by atoms with Gasteiger partial charge < -0.3 is 9.80 Å². The summed E-state index contributed by atoms with van der Waals surface area (Å²) in [7, 11) is 4.40. The van der Waals surface area contributed by atoms with Crippen LogP contribution < -0.4 is 0 Å². The van der Waals surface area contributed by atoms with Gasteiger partial charge in [-0.3, -0.25) is 0 Å². The van der Waals surface area contributed by atoms with Gasteiger partial charge in [0.2, 0.25) is 0 Å². The number of rotatable bonds is 7. The van der Waals surface area contributed by atoms with Gasteiger partial charge in [0.05, 0.1) is 16.6 Å². The third-order valence-corrected chi connectivity index (χ3v) is 5.37. The summed E-state index contributed by atoms with van der Waals surface area (Å²) in [5, 5.41) is 3.32. The molecule has 1 aromatic heterocycles. The molecule has 2 heterocycles. The van der Waals surface area contributed by atoms with Crippen molar-refractivity contribution in [2.45, 2.75) is 44.0 Å². The first-order valence-electron chi connectivity index (χ1n) is 7.57. The summed E-state index contributed by atoms with van der Waals surface area (Å²) in [5.41, 5.74) is 1.03. The molecule has 0 N–H and O–H groups in total. The van der Waals surface area contributed by atoms with Crippen molar-refractivity contribution in [3.05, 3.63) is 16.1 Å². The number of nitrogens with zero attached hydrogens (tertiary/aromatic N) is 3. The van der Waals surface area contributed by atoms with Gasteiger partial charge >= 0.3 is 0 Å². The van der Waals surface area contributed by atoms with E-state index >= 15 is 0 Å². The van der Waals surface area contributed by atoms with Crippen molar-refractivity contribution in [2.24, 2.45) is 0 Å². The van der Waals surface area contributed by atoms with E-state index in [0.29, 0.717) is 5.88 Å². The van der Waals surface area contributed by atoms with E-state index in [1.54, 1.807) is 11.3 Å². The zero-order chi connectivity index (χ0) is 14.4. The average Bonchev–Trinajstić information content (AvgIpc) is 2.92. The predicted octanol–water partition coefficient (Wildman–Crippen LogP) is 3.23. The third-order valence-electron chi connectivity index (χ3n) is 4.14. The van der Waals surface area contributed by atoms with E-state index < -0.39 is 0 Å². The maximum Gasteiger partial charge on any atom is 0.0928 e. The van der Waals surface area contributed by atoms with Crippen molar-refractivity contribution in [3.8, 4) is 0 Å². The number of aryl methyl sites for hydroxylation is 1. The topological polar surface area (TPSA) is 19.4 Å². The molecule has 0 saturated carbocycles. The molecule has 0 atom stereocenters. The number of thiazole rings is 1. The highest BCUT2D eigenvalue weighted by Crippen LogP contribution is 2.16. The normalized spacial score (nSPS) is 18.0. The van der Waals surface area contributed by atoms with Crippen LogP contribution >= 0.6 is 22.9 Å². The summed E-state index contributed by atoms with van der Waals surface area (Å²) in [4.78, 5) is 9.50. The van der Waals surface area contributed by atoms with Crippen LogP contribution in [0.5, 0.6) is 0 Å². The van der Waals surface area contributed by atoms with Crippen molar-refractivity contribution in [2.75, 3.05) is 33.7 Å². The molecule has 1 aromatic rings. The molecular weight excluding hydrogens is 290 g/mol. The summed E-state index contributed by atoms with van der Waals surface area (Å²) in [5.74, 6) is 0.539. The van der Waals surface area contributed by atoms with Crippen LogP contribution in [0.25, 0.3) is 0 Å². The van der Waals surface area contributed by atoms with Crippen molar-refractivity contribution < 1.29 is 0 Å². The standard InChI is InChI=1S/C15H26ClN3S/c1-18(2)14-6-9-19(10-7-14)8-4-3-5-15-17-13(11-16)12-20-15/h12,14H,3-11H2,1-2H3. The fourth-order valence-corrected chi connectivity index (χ4v) is 3.86. The van der Waals surface area contributed by atoms with Gasteiger partial charge in [-0.15, -0.1) is 22.9 Å². The van der Waals surface area contributed by atoms with Crippen LogP contribution in [0, 0.1) is 0 Å². The lowest BCUT2D eigenvalue weighted by atomic mass is 10.0. The van der Waals surface area contributed by atoms with E-state index in [0.717, 1.165) is 18.2 Å². The Hall–Kier alpha value is -0.160. The third kappa shape index (κ3) is 4.99. The van der Waals surface area contributed by atoms with Gasteiger partial charge in [0.25, 0.3) is 0 Å². The molecule has 0 amide bonds. The van der Waals surface area contributed by atoms with Crippen LogP contribution in [0.4, 0.5) is 0 Å². The molecule has 1 saturated heterocycles. The van der Waals surface area contributed by atoms with Gasteiger partial charge in [0, 0.05) is 11.4 Å². The Morgan fingerprint density at radius 2 is 2.10 bits per heavy atom. The molecule has 0 aromatic carbocycles. The Morgan fingerprint density at radius 3 is 2.70 bits per heavy atom. The lowest BCUT2D eigenvalue weighted by Crippen LogP contribution is -2.42. The molecule has 0 bridgehead atoms. The Kier molecular flexibility index (Phi) is 6.75. The average molecular weight is 316 g/mol. The number of likely N-dealkylation sites (tertiary alicyclic amines) is 1. The minimum Gasteiger partial charge on any atom is -0.306 e. The number of halogens is 1. The number of aromatic nitrogens is 1. The fraction of sp³-hybridized carbons (Fsp3) is 0.800. The molecule has 3 nitrogen and oxygen atoms in total. The van der Waals surface area contributed by atoms with Crippen LogP contribution in [-0.2, 0) is 12.3 Å². The summed E-state index contributed by atoms with van der Waals surface area (Å²) < 4.78 is 0. The smallest absolute Gasteiger partial charge is 0.0928 e. The molecule has 114 valence electrons. The SMILES string of the molecule is CN(C)C1CCN(CCCCc2nc(CCl)cs2)CC1. The van der Waals surface area contributed by atoms with Crippen LogP contribution in [0.3, 0.4) is 0 Å². The summed E-state index contributed by atoms with van der Waals surface area (Å²) in [6.07, 6.45) is 6.26. The van der Waals surface area contributed by atoms with Crippen molar-refractivity contribution in [3.63, 3.8) is 0 Å². The zero-order valence-electron chi connectivity index (χ0n) is 12.6. The van der Waals surface area contributed by atoms with Crippen molar-refractivity contribution in [1.29, 1.82) is 0 Å². The largest absolute Gasteiger partial charge is 0.306 e. The minimum absolute atomic E-state index is 0.539. The fourth-order valence-electron chi connectivity index (χ4n) is 2.80. The van der Waals surface area contributed by atoms with E-state index in [-0.39, 0.29) is 0 Å². The number of hydrogen-bond acceptors (Lipinski definition) is 4. The van der Waals surface area contributed by atoms with Gasteiger partial charge in [-0.05, 0) is 65.8 Å². The monoisotopic (exact) mass is 315 g/mol. The Balaban J connectivity index is 1.57. The summed E-state index contributed by atoms with van der Waals surface area (Å²) >= 11 is 7.52. The first-order valence-corrected chi connectivity index (χ1v) is 8.98. The summed E-state index contributed by atoms with van der Waals surface area (Å²) in [6.45, 7) is 3.76. The molecule has 2 rings (SSSR count). The first-order chi connectivity index (χ1) is 9.69. The van der Waals surface area contributed by atoms with Gasteiger partial charge in [-0.1, -0.05) is 0 Å².